The topological polar surface area (TPSA) is 54.7 Å². The van der Waals surface area contributed by atoms with Crippen LogP contribution in [-0.2, 0) is 0 Å². The molecule has 74 valence electrons. The fourth-order valence-corrected chi connectivity index (χ4v) is 2.26. The second kappa shape index (κ2) is 3.85. The Balaban J connectivity index is 2.18. The number of rotatable bonds is 1. The fourth-order valence-electron chi connectivity index (χ4n) is 2.26. The van der Waals surface area contributed by atoms with Gasteiger partial charge in [0.2, 0.25) is 0 Å². The van der Waals surface area contributed by atoms with Gasteiger partial charge in [0.15, 0.2) is 0 Å². The Bertz CT molecular complexity index is 348. The lowest BCUT2D eigenvalue weighted by atomic mass is 9.91. The summed E-state index contributed by atoms with van der Waals surface area (Å²) in [5.74, 6) is 0. The molecular weight excluding hydrogens is 174 g/mol. The van der Waals surface area contributed by atoms with Crippen molar-refractivity contribution >= 4 is 0 Å². The van der Waals surface area contributed by atoms with E-state index in [4.69, 9.17) is 11.0 Å². The first-order chi connectivity index (χ1) is 6.81. The Morgan fingerprint density at radius 2 is 2.36 bits per heavy atom. The zero-order chi connectivity index (χ0) is 9.97. The first kappa shape index (κ1) is 9.29. The van der Waals surface area contributed by atoms with Gasteiger partial charge in [-0.3, -0.25) is 0 Å². The molecule has 1 saturated carbocycles. The van der Waals surface area contributed by atoms with E-state index in [2.05, 4.69) is 10.6 Å². The van der Waals surface area contributed by atoms with Gasteiger partial charge in [-0.2, -0.15) is 5.26 Å². The molecule has 0 saturated heterocycles. The monoisotopic (exact) mass is 189 g/mol. The maximum absolute atomic E-state index is 8.90. The minimum Gasteiger partial charge on any atom is -0.336 e. The van der Waals surface area contributed by atoms with Crippen molar-refractivity contribution in [2.45, 2.75) is 37.8 Å². The summed E-state index contributed by atoms with van der Waals surface area (Å²) in [6, 6.07) is 6.74. The predicted molar refractivity (Wildman–Crippen MR) is 54.6 cm³/mol. The van der Waals surface area contributed by atoms with Gasteiger partial charge in [-0.05, 0) is 37.8 Å². The summed E-state index contributed by atoms with van der Waals surface area (Å²) in [5.41, 5.74) is 6.68. The Morgan fingerprint density at radius 1 is 1.50 bits per heavy atom. The van der Waals surface area contributed by atoms with E-state index < -0.39 is 0 Å². The summed E-state index contributed by atoms with van der Waals surface area (Å²) < 4.78 is 2.07. The fraction of sp³-hybridized carbons (Fsp3) is 0.545. The standard InChI is InChI=1S/C11H15N3/c12-8-11-5-2-6-14(11)10-4-1-3-9(13)7-10/h2,5-6,9-10H,1,3-4,7,13H2. The third-order valence-corrected chi connectivity index (χ3v) is 2.97. The lowest BCUT2D eigenvalue weighted by Gasteiger charge is -2.28. The zero-order valence-corrected chi connectivity index (χ0v) is 8.19. The average molecular weight is 189 g/mol. The molecule has 0 spiro atoms. The van der Waals surface area contributed by atoms with Crippen LogP contribution in [0, 0.1) is 11.3 Å². The van der Waals surface area contributed by atoms with Crippen LogP contribution in [0.4, 0.5) is 0 Å². The van der Waals surface area contributed by atoms with E-state index in [9.17, 15) is 0 Å². The van der Waals surface area contributed by atoms with E-state index in [0.29, 0.717) is 12.1 Å². The predicted octanol–water partition coefficient (Wildman–Crippen LogP) is 1.80. The summed E-state index contributed by atoms with van der Waals surface area (Å²) in [5, 5.41) is 8.90. The first-order valence-electron chi connectivity index (χ1n) is 5.14. The number of nitrogens with zero attached hydrogens (tertiary/aromatic N) is 2. The van der Waals surface area contributed by atoms with E-state index in [-0.39, 0.29) is 0 Å². The quantitative estimate of drug-likeness (QED) is 0.732. The molecule has 0 bridgehead atoms. The lowest BCUT2D eigenvalue weighted by Crippen LogP contribution is -2.29. The normalized spacial score (nSPS) is 27.1. The zero-order valence-electron chi connectivity index (χ0n) is 8.19. The number of nitrogens with two attached hydrogens (primary N) is 1. The van der Waals surface area contributed by atoms with Crippen LogP contribution in [0.3, 0.4) is 0 Å². The highest BCUT2D eigenvalue weighted by molar-refractivity contribution is 5.23. The van der Waals surface area contributed by atoms with Crippen molar-refractivity contribution < 1.29 is 0 Å². The van der Waals surface area contributed by atoms with Gasteiger partial charge in [-0.25, -0.2) is 0 Å². The van der Waals surface area contributed by atoms with Crippen molar-refractivity contribution in [1.82, 2.24) is 4.57 Å². The van der Waals surface area contributed by atoms with Gasteiger partial charge in [0.1, 0.15) is 11.8 Å². The van der Waals surface area contributed by atoms with Crippen molar-refractivity contribution in [3.63, 3.8) is 0 Å². The van der Waals surface area contributed by atoms with Crippen molar-refractivity contribution in [2.75, 3.05) is 0 Å². The van der Waals surface area contributed by atoms with Gasteiger partial charge < -0.3 is 10.3 Å². The van der Waals surface area contributed by atoms with E-state index in [1.807, 2.05) is 18.3 Å². The highest BCUT2D eigenvalue weighted by Gasteiger charge is 2.21. The van der Waals surface area contributed by atoms with Crippen LogP contribution >= 0.6 is 0 Å². The summed E-state index contributed by atoms with van der Waals surface area (Å²) in [7, 11) is 0. The molecule has 1 aromatic rings. The second-order valence-electron chi connectivity index (χ2n) is 3.99. The first-order valence-corrected chi connectivity index (χ1v) is 5.14. The molecule has 2 atom stereocenters. The molecule has 3 nitrogen and oxygen atoms in total. The Hall–Kier alpha value is -1.27. The number of hydrogen-bond donors (Lipinski definition) is 1. The Morgan fingerprint density at radius 3 is 3.07 bits per heavy atom. The molecule has 14 heavy (non-hydrogen) atoms. The molecule has 2 rings (SSSR count). The molecular formula is C11H15N3. The SMILES string of the molecule is N#Cc1cccn1C1CCCC(N)C1. The minimum atomic E-state index is 0.308. The van der Waals surface area contributed by atoms with Crippen LogP contribution in [0.25, 0.3) is 0 Å². The molecule has 1 heterocycles. The van der Waals surface area contributed by atoms with Crippen molar-refractivity contribution in [1.29, 1.82) is 5.26 Å². The molecule has 3 heteroatoms. The van der Waals surface area contributed by atoms with E-state index in [1.165, 1.54) is 6.42 Å². The van der Waals surface area contributed by atoms with Gasteiger partial charge in [0.25, 0.3) is 0 Å². The van der Waals surface area contributed by atoms with Crippen LogP contribution in [0.5, 0.6) is 0 Å². The van der Waals surface area contributed by atoms with Crippen LogP contribution in [0.1, 0.15) is 37.4 Å². The van der Waals surface area contributed by atoms with Crippen LogP contribution in [0.2, 0.25) is 0 Å². The molecule has 1 aromatic heterocycles. The van der Waals surface area contributed by atoms with Gasteiger partial charge in [-0.15, -0.1) is 0 Å². The van der Waals surface area contributed by atoms with Crippen molar-refractivity contribution in [3.8, 4) is 6.07 Å². The Labute approximate surface area is 84.1 Å². The summed E-state index contributed by atoms with van der Waals surface area (Å²) in [6.07, 6.45) is 6.44. The smallest absolute Gasteiger partial charge is 0.120 e. The van der Waals surface area contributed by atoms with Gasteiger partial charge in [0, 0.05) is 18.3 Å². The third kappa shape index (κ3) is 1.66. The van der Waals surface area contributed by atoms with E-state index in [1.54, 1.807) is 0 Å². The van der Waals surface area contributed by atoms with Crippen molar-refractivity contribution in [3.05, 3.63) is 24.0 Å². The summed E-state index contributed by atoms with van der Waals surface area (Å²) in [4.78, 5) is 0. The summed E-state index contributed by atoms with van der Waals surface area (Å²) in [6.45, 7) is 0. The molecule has 0 radical (unpaired) electrons. The highest BCUT2D eigenvalue weighted by atomic mass is 15.0. The van der Waals surface area contributed by atoms with Crippen LogP contribution in [-0.4, -0.2) is 10.6 Å². The van der Waals surface area contributed by atoms with E-state index in [0.717, 1.165) is 25.0 Å². The summed E-state index contributed by atoms with van der Waals surface area (Å²) >= 11 is 0. The number of aromatic nitrogens is 1. The molecule has 1 aliphatic carbocycles. The Kier molecular flexibility index (Phi) is 2.55. The molecule has 0 aromatic carbocycles. The molecule has 2 N–H and O–H groups in total. The van der Waals surface area contributed by atoms with E-state index >= 15 is 0 Å². The highest BCUT2D eigenvalue weighted by Crippen LogP contribution is 2.28. The molecule has 2 unspecified atom stereocenters. The maximum Gasteiger partial charge on any atom is 0.120 e. The third-order valence-electron chi connectivity index (χ3n) is 2.97. The second-order valence-corrected chi connectivity index (χ2v) is 3.99. The number of nitriles is 1. The molecule has 0 amide bonds. The molecule has 0 aliphatic heterocycles. The van der Waals surface area contributed by atoms with Gasteiger partial charge in [-0.1, -0.05) is 0 Å². The largest absolute Gasteiger partial charge is 0.336 e. The van der Waals surface area contributed by atoms with Crippen LogP contribution in [0.15, 0.2) is 18.3 Å². The number of hydrogen-bond acceptors (Lipinski definition) is 2. The lowest BCUT2D eigenvalue weighted by molar-refractivity contribution is 0.319. The molecule has 1 fully saturated rings. The average Bonchev–Trinajstić information content (AvgIpc) is 2.65. The van der Waals surface area contributed by atoms with Crippen LogP contribution < -0.4 is 5.73 Å². The van der Waals surface area contributed by atoms with Crippen molar-refractivity contribution in [2.24, 2.45) is 5.73 Å². The van der Waals surface area contributed by atoms with Gasteiger partial charge >= 0.3 is 0 Å². The minimum absolute atomic E-state index is 0.308. The molecule has 1 aliphatic rings. The van der Waals surface area contributed by atoms with Gasteiger partial charge in [0.05, 0.1) is 0 Å². The maximum atomic E-state index is 8.90.